The van der Waals surface area contributed by atoms with E-state index < -0.39 is 23.3 Å². The molecule has 0 saturated carbocycles. The molecule has 0 fully saturated rings. The van der Waals surface area contributed by atoms with Gasteiger partial charge in [0.25, 0.3) is 0 Å². The van der Waals surface area contributed by atoms with Crippen molar-refractivity contribution in [1.82, 2.24) is 0 Å². The first-order chi connectivity index (χ1) is 26.5. The van der Waals surface area contributed by atoms with E-state index in [0.717, 1.165) is 66.1 Å². The molecule has 0 N–H and O–H groups in total. The van der Waals surface area contributed by atoms with E-state index in [1.165, 1.54) is 0 Å². The van der Waals surface area contributed by atoms with Crippen molar-refractivity contribution < 1.29 is 17.6 Å². The minimum Gasteiger partial charge on any atom is -0.203 e. The molecular formula is C50H28F4. The Balaban J connectivity index is 1.44. The number of fused-ring (bicyclic) bond motifs is 10. The maximum Gasteiger partial charge on any atom is 0.198 e. The van der Waals surface area contributed by atoms with Crippen LogP contribution < -0.4 is 0 Å². The Morgan fingerprint density at radius 1 is 0.222 bits per heavy atom. The lowest BCUT2D eigenvalue weighted by molar-refractivity contribution is 0.418. The Bertz CT molecular complexity index is 2920. The summed E-state index contributed by atoms with van der Waals surface area (Å²) in [5.41, 5.74) is 7.14. The molecular weight excluding hydrogens is 677 g/mol. The molecule has 4 heteroatoms. The zero-order chi connectivity index (χ0) is 36.5. The van der Waals surface area contributed by atoms with Gasteiger partial charge < -0.3 is 0 Å². The smallest absolute Gasteiger partial charge is 0.198 e. The molecule has 256 valence electrons. The molecule has 0 heterocycles. The maximum absolute atomic E-state index is 16.6. The van der Waals surface area contributed by atoms with Crippen LogP contribution in [-0.4, -0.2) is 0 Å². The van der Waals surface area contributed by atoms with Crippen LogP contribution in [0.2, 0.25) is 0 Å². The van der Waals surface area contributed by atoms with Gasteiger partial charge in [-0.1, -0.05) is 158 Å². The van der Waals surface area contributed by atoms with Crippen LogP contribution in [0.25, 0.3) is 98.4 Å². The first-order valence-corrected chi connectivity index (χ1v) is 17.8. The van der Waals surface area contributed by atoms with Crippen molar-refractivity contribution in [2.75, 3.05) is 0 Å². The highest BCUT2D eigenvalue weighted by atomic mass is 19.2. The molecule has 10 aromatic carbocycles. The summed E-state index contributed by atoms with van der Waals surface area (Å²) in [5, 5.41) is 4.62. The SMILES string of the molecule is Fc1c(F)c(F)c2c3cc(-c4ccccc4-c4ccccc4)c4ccccc4c3c3c4ccccc4c(-c4ccccc4-c4ccccc4)cc3c2c1F. The predicted octanol–water partition coefficient (Wildman–Crippen LogP) is 14.7. The largest absolute Gasteiger partial charge is 0.203 e. The third kappa shape index (κ3) is 4.70. The fraction of sp³-hybridized carbons (Fsp3) is 0. The lowest BCUT2D eigenvalue weighted by Crippen LogP contribution is -2.01. The molecule has 0 atom stereocenters. The number of hydrogen-bond donors (Lipinski definition) is 0. The molecule has 0 aromatic heterocycles. The number of hydrogen-bond acceptors (Lipinski definition) is 0. The normalized spacial score (nSPS) is 11.7. The van der Waals surface area contributed by atoms with E-state index in [1.54, 1.807) is 0 Å². The number of halogens is 4. The van der Waals surface area contributed by atoms with E-state index in [1.807, 2.05) is 170 Å². The Kier molecular flexibility index (Phi) is 7.34. The molecule has 0 radical (unpaired) electrons. The number of rotatable bonds is 4. The van der Waals surface area contributed by atoms with Crippen LogP contribution >= 0.6 is 0 Å². The van der Waals surface area contributed by atoms with Crippen LogP contribution in [0.4, 0.5) is 17.6 Å². The second-order valence-electron chi connectivity index (χ2n) is 13.6. The van der Waals surface area contributed by atoms with Crippen LogP contribution in [0, 0.1) is 23.3 Å². The van der Waals surface area contributed by atoms with Crippen molar-refractivity contribution in [3.63, 3.8) is 0 Å². The van der Waals surface area contributed by atoms with Gasteiger partial charge in [0.05, 0.1) is 0 Å². The zero-order valence-electron chi connectivity index (χ0n) is 28.7. The quantitative estimate of drug-likeness (QED) is 0.0740. The van der Waals surface area contributed by atoms with E-state index in [9.17, 15) is 0 Å². The molecule has 10 rings (SSSR count). The molecule has 0 bridgehead atoms. The summed E-state index contributed by atoms with van der Waals surface area (Å²) in [4.78, 5) is 0. The highest BCUT2D eigenvalue weighted by Gasteiger charge is 2.28. The fourth-order valence-electron chi connectivity index (χ4n) is 8.44. The van der Waals surface area contributed by atoms with Gasteiger partial charge in [-0.05, 0) is 99.7 Å². The topological polar surface area (TPSA) is 0 Å². The van der Waals surface area contributed by atoms with Crippen molar-refractivity contribution in [2.45, 2.75) is 0 Å². The lowest BCUT2D eigenvalue weighted by atomic mass is 9.82. The van der Waals surface area contributed by atoms with Gasteiger partial charge in [-0.3, -0.25) is 0 Å². The molecule has 0 spiro atoms. The molecule has 54 heavy (non-hydrogen) atoms. The Morgan fingerprint density at radius 3 is 0.926 bits per heavy atom. The minimum atomic E-state index is -1.84. The molecule has 0 saturated heterocycles. The summed E-state index contributed by atoms with van der Waals surface area (Å²) in [6.45, 7) is 0. The maximum atomic E-state index is 16.6. The average molecular weight is 705 g/mol. The average Bonchev–Trinajstić information content (AvgIpc) is 3.24. The van der Waals surface area contributed by atoms with Gasteiger partial charge in [-0.25, -0.2) is 17.6 Å². The van der Waals surface area contributed by atoms with E-state index in [4.69, 9.17) is 0 Å². The summed E-state index contributed by atoms with van der Waals surface area (Å²) in [6.07, 6.45) is 0. The van der Waals surface area contributed by atoms with E-state index >= 15 is 17.6 Å². The summed E-state index contributed by atoms with van der Waals surface area (Å²) >= 11 is 0. The molecule has 0 aliphatic rings. The summed E-state index contributed by atoms with van der Waals surface area (Å²) in [5.74, 6) is -6.52. The number of benzene rings is 10. The van der Waals surface area contributed by atoms with Gasteiger partial charge >= 0.3 is 0 Å². The zero-order valence-corrected chi connectivity index (χ0v) is 28.7. The van der Waals surface area contributed by atoms with E-state index in [2.05, 4.69) is 0 Å². The van der Waals surface area contributed by atoms with Crippen LogP contribution in [-0.2, 0) is 0 Å². The Hall–Kier alpha value is -6.78. The first-order valence-electron chi connectivity index (χ1n) is 17.8. The van der Waals surface area contributed by atoms with Crippen molar-refractivity contribution in [2.24, 2.45) is 0 Å². The Morgan fingerprint density at radius 2 is 0.537 bits per heavy atom. The molecule has 0 unspecified atom stereocenters. The first kappa shape index (κ1) is 31.9. The predicted molar refractivity (Wildman–Crippen MR) is 216 cm³/mol. The van der Waals surface area contributed by atoms with Gasteiger partial charge in [-0.15, -0.1) is 0 Å². The van der Waals surface area contributed by atoms with Crippen molar-refractivity contribution >= 4 is 53.9 Å². The van der Waals surface area contributed by atoms with Gasteiger partial charge in [0.2, 0.25) is 0 Å². The van der Waals surface area contributed by atoms with Gasteiger partial charge in [0, 0.05) is 10.8 Å². The third-order valence-corrected chi connectivity index (χ3v) is 10.7. The van der Waals surface area contributed by atoms with Crippen molar-refractivity contribution in [3.8, 4) is 44.5 Å². The van der Waals surface area contributed by atoms with Crippen LogP contribution in [0.15, 0.2) is 170 Å². The standard InChI is InChI=1S/C50H28F4/c51-47-45-41-27-39(33-21-9-7-19-31(33)29-15-3-1-4-16-29)35-23-11-13-25-37(35)43(41)44-38-26-14-12-24-36(38)40(28-42(44)46(45)48(52)50(54)49(47)53)34-22-10-8-20-32(34)30-17-5-2-6-18-30/h1-28H. The summed E-state index contributed by atoms with van der Waals surface area (Å²) in [7, 11) is 0. The van der Waals surface area contributed by atoms with Gasteiger partial charge in [0.15, 0.2) is 23.3 Å². The van der Waals surface area contributed by atoms with E-state index in [0.29, 0.717) is 21.5 Å². The minimum absolute atomic E-state index is 0.296. The van der Waals surface area contributed by atoms with Crippen molar-refractivity contribution in [1.29, 1.82) is 0 Å². The fourth-order valence-corrected chi connectivity index (χ4v) is 8.44. The molecule has 0 nitrogen and oxygen atoms in total. The highest BCUT2D eigenvalue weighted by Crippen LogP contribution is 2.50. The monoisotopic (exact) mass is 704 g/mol. The molecule has 0 aliphatic carbocycles. The second-order valence-corrected chi connectivity index (χ2v) is 13.6. The van der Waals surface area contributed by atoms with Crippen LogP contribution in [0.3, 0.4) is 0 Å². The second kappa shape index (κ2) is 12.4. The Labute approximate surface area is 308 Å². The molecule has 0 aliphatic heterocycles. The summed E-state index contributed by atoms with van der Waals surface area (Å²) in [6, 6.07) is 55.2. The third-order valence-electron chi connectivity index (χ3n) is 10.7. The molecule has 0 amide bonds. The highest BCUT2D eigenvalue weighted by molar-refractivity contribution is 6.38. The molecule has 10 aromatic rings. The van der Waals surface area contributed by atoms with Gasteiger partial charge in [0.1, 0.15) is 0 Å². The van der Waals surface area contributed by atoms with Gasteiger partial charge in [-0.2, -0.15) is 0 Å². The van der Waals surface area contributed by atoms with Crippen molar-refractivity contribution in [3.05, 3.63) is 193 Å². The lowest BCUT2D eigenvalue weighted by Gasteiger charge is -2.21. The van der Waals surface area contributed by atoms with E-state index in [-0.39, 0.29) is 10.8 Å². The summed E-state index contributed by atoms with van der Waals surface area (Å²) < 4.78 is 64.3. The van der Waals surface area contributed by atoms with Crippen LogP contribution in [0.5, 0.6) is 0 Å². The van der Waals surface area contributed by atoms with Crippen LogP contribution in [0.1, 0.15) is 0 Å².